The van der Waals surface area contributed by atoms with E-state index < -0.39 is 0 Å². The summed E-state index contributed by atoms with van der Waals surface area (Å²) in [6.45, 7) is 10.4. The normalized spacial score (nSPS) is 48.0. The summed E-state index contributed by atoms with van der Waals surface area (Å²) in [6, 6.07) is 0. The molecule has 0 amide bonds. The van der Waals surface area contributed by atoms with E-state index in [2.05, 4.69) is 20.8 Å². The van der Waals surface area contributed by atoms with Crippen LogP contribution in [0.2, 0.25) is 0 Å². The van der Waals surface area contributed by atoms with E-state index in [1.54, 1.807) is 0 Å². The van der Waals surface area contributed by atoms with E-state index >= 15 is 0 Å². The fourth-order valence-corrected chi connectivity index (χ4v) is 5.09. The Kier molecular flexibility index (Phi) is 4.48. The standard InChI is InChI=1S/C19H26O6.C2H6/c1-17(2)12(23-17)4-6-18(3)13(24-18)5-7-19-9-11-10(8-14(19)25-19)15(20)22-16(11)21;1-2/h10-14H,4-9H2,1-3H3;1-2H3. The van der Waals surface area contributed by atoms with Gasteiger partial charge < -0.3 is 18.9 Å². The van der Waals surface area contributed by atoms with Gasteiger partial charge in [-0.05, 0) is 59.3 Å². The second-order valence-corrected chi connectivity index (χ2v) is 9.27. The fourth-order valence-electron chi connectivity index (χ4n) is 5.09. The van der Waals surface area contributed by atoms with Crippen LogP contribution in [-0.2, 0) is 28.5 Å². The number of rotatable bonds is 6. The van der Waals surface area contributed by atoms with E-state index in [1.807, 2.05) is 13.8 Å². The lowest BCUT2D eigenvalue weighted by molar-refractivity contribution is -0.154. The lowest BCUT2D eigenvalue weighted by atomic mass is 9.73. The van der Waals surface area contributed by atoms with Gasteiger partial charge in [0.25, 0.3) is 0 Å². The molecule has 1 aliphatic carbocycles. The molecule has 0 spiro atoms. The molecular weight excluding hydrogens is 348 g/mol. The molecule has 0 aromatic rings. The molecule has 6 nitrogen and oxygen atoms in total. The highest BCUT2D eigenvalue weighted by Crippen LogP contribution is 2.57. The van der Waals surface area contributed by atoms with E-state index in [1.165, 1.54) is 0 Å². The van der Waals surface area contributed by atoms with Crippen molar-refractivity contribution in [2.75, 3.05) is 0 Å². The van der Waals surface area contributed by atoms with Crippen LogP contribution >= 0.6 is 0 Å². The van der Waals surface area contributed by atoms with E-state index in [0.717, 1.165) is 25.7 Å². The van der Waals surface area contributed by atoms with Gasteiger partial charge in [0, 0.05) is 0 Å². The van der Waals surface area contributed by atoms with Crippen molar-refractivity contribution >= 4 is 11.9 Å². The maximum atomic E-state index is 11.9. The lowest BCUT2D eigenvalue weighted by Gasteiger charge is -2.23. The minimum Gasteiger partial charge on any atom is -0.393 e. The molecule has 4 heterocycles. The van der Waals surface area contributed by atoms with Gasteiger partial charge in [0.2, 0.25) is 0 Å². The number of epoxide rings is 3. The molecule has 0 aromatic carbocycles. The Morgan fingerprint density at radius 1 is 0.889 bits per heavy atom. The highest BCUT2D eigenvalue weighted by Gasteiger charge is 2.67. The highest BCUT2D eigenvalue weighted by atomic mass is 16.6. The SMILES string of the molecule is CC.CC1(C)OC1CCC1(C)OC1CCC12CC3C(=O)OC(=O)C3CC1O2. The van der Waals surface area contributed by atoms with Gasteiger partial charge >= 0.3 is 11.9 Å². The molecule has 0 N–H and O–H groups in total. The number of carbonyl (C=O) groups excluding carboxylic acids is 2. The van der Waals surface area contributed by atoms with Crippen LogP contribution in [0.4, 0.5) is 0 Å². The van der Waals surface area contributed by atoms with Crippen molar-refractivity contribution in [3.63, 3.8) is 0 Å². The predicted molar refractivity (Wildman–Crippen MR) is 97.0 cm³/mol. The summed E-state index contributed by atoms with van der Waals surface area (Å²) >= 11 is 0. The zero-order valence-electron chi connectivity index (χ0n) is 17.1. The van der Waals surface area contributed by atoms with Gasteiger partial charge in [0.15, 0.2) is 0 Å². The zero-order valence-corrected chi connectivity index (χ0v) is 17.1. The summed E-state index contributed by atoms with van der Waals surface area (Å²) in [5.74, 6) is -1.30. The second kappa shape index (κ2) is 6.26. The average molecular weight is 380 g/mol. The van der Waals surface area contributed by atoms with Gasteiger partial charge in [-0.1, -0.05) is 13.8 Å². The molecule has 7 atom stereocenters. The number of ether oxygens (including phenoxy) is 4. The quantitative estimate of drug-likeness (QED) is 0.400. The molecule has 152 valence electrons. The summed E-state index contributed by atoms with van der Waals surface area (Å²) in [5.41, 5.74) is -0.220. The Balaban J connectivity index is 0.000000872. The minimum atomic E-state index is -0.359. The number of hydrogen-bond acceptors (Lipinski definition) is 6. The van der Waals surface area contributed by atoms with Crippen molar-refractivity contribution in [2.45, 2.75) is 108 Å². The van der Waals surface area contributed by atoms with Gasteiger partial charge in [-0.15, -0.1) is 0 Å². The third-order valence-corrected chi connectivity index (χ3v) is 7.16. The van der Waals surface area contributed by atoms with Crippen LogP contribution < -0.4 is 0 Å². The Morgan fingerprint density at radius 3 is 2.19 bits per heavy atom. The van der Waals surface area contributed by atoms with Gasteiger partial charge in [-0.25, -0.2) is 0 Å². The van der Waals surface area contributed by atoms with Crippen molar-refractivity contribution in [1.29, 1.82) is 0 Å². The predicted octanol–water partition coefficient (Wildman–Crippen LogP) is 3.16. The van der Waals surface area contributed by atoms with Crippen molar-refractivity contribution in [2.24, 2.45) is 11.8 Å². The van der Waals surface area contributed by atoms with Crippen LogP contribution in [0.3, 0.4) is 0 Å². The molecule has 5 fully saturated rings. The summed E-state index contributed by atoms with van der Waals surface area (Å²) in [5, 5.41) is 0. The van der Waals surface area contributed by atoms with Gasteiger partial charge in [0.05, 0.1) is 47.0 Å². The third-order valence-electron chi connectivity index (χ3n) is 7.16. The monoisotopic (exact) mass is 380 g/mol. The molecule has 1 saturated carbocycles. The van der Waals surface area contributed by atoms with Gasteiger partial charge in [-0.2, -0.15) is 0 Å². The van der Waals surface area contributed by atoms with E-state index in [9.17, 15) is 9.59 Å². The molecule has 0 aromatic heterocycles. The molecule has 27 heavy (non-hydrogen) atoms. The molecular formula is C21H32O6. The Bertz CT molecular complexity index is 645. The largest absolute Gasteiger partial charge is 0.393 e. The Hall–Kier alpha value is -0.980. The van der Waals surface area contributed by atoms with Crippen LogP contribution in [-0.4, -0.2) is 47.1 Å². The Labute approximate surface area is 161 Å². The number of cyclic esters (lactones) is 2. The molecule has 4 saturated heterocycles. The van der Waals surface area contributed by atoms with Crippen LogP contribution in [0.15, 0.2) is 0 Å². The molecule has 0 bridgehead atoms. The van der Waals surface area contributed by atoms with Crippen molar-refractivity contribution < 1.29 is 28.5 Å². The third kappa shape index (κ3) is 3.34. The molecule has 4 aliphatic heterocycles. The Morgan fingerprint density at radius 2 is 1.52 bits per heavy atom. The smallest absolute Gasteiger partial charge is 0.317 e. The van der Waals surface area contributed by atoms with Gasteiger partial charge in [0.1, 0.15) is 0 Å². The lowest BCUT2D eigenvalue weighted by Crippen LogP contribution is -2.34. The van der Waals surface area contributed by atoms with Crippen molar-refractivity contribution in [3.8, 4) is 0 Å². The zero-order chi connectivity index (χ0) is 19.6. The molecule has 6 heteroatoms. The first kappa shape index (κ1) is 19.3. The van der Waals surface area contributed by atoms with Crippen LogP contribution in [0.25, 0.3) is 0 Å². The van der Waals surface area contributed by atoms with Crippen molar-refractivity contribution in [1.82, 2.24) is 0 Å². The highest BCUT2D eigenvalue weighted by molar-refractivity contribution is 5.96. The first-order chi connectivity index (χ1) is 12.7. The number of hydrogen-bond donors (Lipinski definition) is 0. The first-order valence-corrected chi connectivity index (χ1v) is 10.5. The number of esters is 2. The van der Waals surface area contributed by atoms with Gasteiger partial charge in [-0.3, -0.25) is 9.59 Å². The summed E-state index contributed by atoms with van der Waals surface area (Å²) in [6.07, 6.45) is 5.91. The summed E-state index contributed by atoms with van der Waals surface area (Å²) in [7, 11) is 0. The van der Waals surface area contributed by atoms with Crippen LogP contribution in [0.5, 0.6) is 0 Å². The maximum absolute atomic E-state index is 11.9. The topological polar surface area (TPSA) is 81.0 Å². The van der Waals surface area contributed by atoms with E-state index in [0.29, 0.717) is 18.9 Å². The minimum absolute atomic E-state index is 0.0392. The molecule has 0 radical (unpaired) electrons. The number of carbonyl (C=O) groups is 2. The molecule has 5 rings (SSSR count). The second-order valence-electron chi connectivity index (χ2n) is 9.27. The summed E-state index contributed by atoms with van der Waals surface area (Å²) in [4.78, 5) is 23.5. The number of fused-ring (bicyclic) bond motifs is 2. The average Bonchev–Trinajstić information content (AvgIpc) is 3.55. The first-order valence-electron chi connectivity index (χ1n) is 10.5. The van der Waals surface area contributed by atoms with Crippen molar-refractivity contribution in [3.05, 3.63) is 0 Å². The fraction of sp³-hybridized carbons (Fsp3) is 0.905. The molecule has 7 unspecified atom stereocenters. The van der Waals surface area contributed by atoms with Crippen LogP contribution in [0.1, 0.15) is 73.1 Å². The van der Waals surface area contributed by atoms with Crippen LogP contribution in [0, 0.1) is 11.8 Å². The van der Waals surface area contributed by atoms with E-state index in [-0.39, 0.29) is 52.8 Å². The van der Waals surface area contributed by atoms with E-state index in [4.69, 9.17) is 18.9 Å². The summed E-state index contributed by atoms with van der Waals surface area (Å²) < 4.78 is 22.4. The molecule has 5 aliphatic rings. The maximum Gasteiger partial charge on any atom is 0.317 e.